The Hall–Kier alpha value is -2.92. The molecule has 0 fully saturated rings. The molecule has 6 nitrogen and oxygen atoms in total. The van der Waals surface area contributed by atoms with E-state index in [2.05, 4.69) is 10.3 Å². The number of amides is 1. The molecular formula is C18H16FN3O3S. The highest BCUT2D eigenvalue weighted by atomic mass is 32.2. The number of aryl methyl sites for hydroxylation is 1. The van der Waals surface area contributed by atoms with Gasteiger partial charge in [0.25, 0.3) is 0 Å². The fourth-order valence-corrected chi connectivity index (χ4v) is 2.85. The van der Waals surface area contributed by atoms with Gasteiger partial charge in [0.05, 0.1) is 29.2 Å². The smallest absolute Gasteiger partial charge is 0.340 e. The van der Waals surface area contributed by atoms with Crippen molar-refractivity contribution in [2.75, 3.05) is 17.7 Å². The summed E-state index contributed by atoms with van der Waals surface area (Å²) in [5.41, 5.74) is 1.31. The number of halogens is 1. The summed E-state index contributed by atoms with van der Waals surface area (Å²) in [5.74, 6) is -1.24. The van der Waals surface area contributed by atoms with Crippen LogP contribution in [0.4, 0.5) is 10.1 Å². The van der Waals surface area contributed by atoms with Crippen LogP contribution in [0.3, 0.4) is 0 Å². The fraction of sp³-hybridized carbons (Fsp3) is 0.222. The Morgan fingerprint density at radius 1 is 1.35 bits per heavy atom. The number of rotatable bonds is 6. The summed E-state index contributed by atoms with van der Waals surface area (Å²) >= 11 is 1.08. The highest BCUT2D eigenvalue weighted by Crippen LogP contribution is 2.23. The first-order valence-corrected chi connectivity index (χ1v) is 8.70. The van der Waals surface area contributed by atoms with Gasteiger partial charge in [-0.25, -0.2) is 14.2 Å². The Morgan fingerprint density at radius 3 is 2.65 bits per heavy atom. The Balaban J connectivity index is 2.08. The molecule has 0 unspecified atom stereocenters. The Morgan fingerprint density at radius 2 is 2.04 bits per heavy atom. The number of carbonyl (C=O) groups excluding carboxylic acids is 2. The molecule has 0 aliphatic carbocycles. The number of nitriles is 1. The molecule has 1 heterocycles. The van der Waals surface area contributed by atoms with E-state index in [0.717, 1.165) is 11.8 Å². The molecule has 26 heavy (non-hydrogen) atoms. The molecule has 8 heteroatoms. The van der Waals surface area contributed by atoms with Gasteiger partial charge in [-0.2, -0.15) is 5.26 Å². The quantitative estimate of drug-likeness (QED) is 0.617. The second kappa shape index (κ2) is 8.97. The van der Waals surface area contributed by atoms with Gasteiger partial charge in [0.2, 0.25) is 5.91 Å². The number of esters is 1. The van der Waals surface area contributed by atoms with Crippen LogP contribution in [0.25, 0.3) is 0 Å². The lowest BCUT2D eigenvalue weighted by Gasteiger charge is -2.09. The molecule has 0 radical (unpaired) electrons. The zero-order valence-corrected chi connectivity index (χ0v) is 15.0. The van der Waals surface area contributed by atoms with Crippen LogP contribution in [0.1, 0.15) is 28.5 Å². The number of carbonyl (C=O) groups is 2. The first-order valence-electron chi connectivity index (χ1n) is 7.71. The summed E-state index contributed by atoms with van der Waals surface area (Å²) in [4.78, 5) is 28.1. The predicted octanol–water partition coefficient (Wildman–Crippen LogP) is 3.31. The normalized spacial score (nSPS) is 10.1. The predicted molar refractivity (Wildman–Crippen MR) is 95.4 cm³/mol. The minimum atomic E-state index is -0.542. The second-order valence-corrected chi connectivity index (χ2v) is 6.11. The molecule has 0 bridgehead atoms. The van der Waals surface area contributed by atoms with Gasteiger partial charge in [-0.15, -0.1) is 0 Å². The minimum Gasteiger partial charge on any atom is -0.462 e. The van der Waals surface area contributed by atoms with E-state index < -0.39 is 11.8 Å². The number of anilines is 1. The Labute approximate surface area is 154 Å². The van der Waals surface area contributed by atoms with E-state index in [4.69, 9.17) is 4.74 Å². The third-order valence-electron chi connectivity index (χ3n) is 3.26. The van der Waals surface area contributed by atoms with Gasteiger partial charge in [0, 0.05) is 5.69 Å². The van der Waals surface area contributed by atoms with Crippen LogP contribution in [0, 0.1) is 24.1 Å². The molecule has 134 valence electrons. The van der Waals surface area contributed by atoms with Crippen LogP contribution in [0.2, 0.25) is 0 Å². The van der Waals surface area contributed by atoms with Crippen LogP contribution >= 0.6 is 11.8 Å². The van der Waals surface area contributed by atoms with E-state index in [1.54, 1.807) is 13.8 Å². The number of thioether (sulfide) groups is 1. The molecule has 0 saturated heterocycles. The summed E-state index contributed by atoms with van der Waals surface area (Å²) in [6, 6.07) is 8.79. The number of aromatic nitrogens is 1. The average Bonchev–Trinajstić information content (AvgIpc) is 2.62. The Bertz CT molecular complexity index is 863. The third-order valence-corrected chi connectivity index (χ3v) is 4.25. The number of pyridine rings is 1. The van der Waals surface area contributed by atoms with Crippen molar-refractivity contribution < 1.29 is 18.7 Å². The van der Waals surface area contributed by atoms with Crippen molar-refractivity contribution in [1.82, 2.24) is 4.98 Å². The topological polar surface area (TPSA) is 92.1 Å². The maximum atomic E-state index is 12.9. The van der Waals surface area contributed by atoms with Crippen molar-refractivity contribution in [2.45, 2.75) is 18.9 Å². The lowest BCUT2D eigenvalue weighted by Crippen LogP contribution is -2.14. The summed E-state index contributed by atoms with van der Waals surface area (Å²) in [5, 5.41) is 12.3. The van der Waals surface area contributed by atoms with Crippen LogP contribution in [0.5, 0.6) is 0 Å². The average molecular weight is 373 g/mol. The number of nitrogens with zero attached hydrogens (tertiary/aromatic N) is 2. The minimum absolute atomic E-state index is 0.0112. The number of nitrogens with one attached hydrogen (secondary N) is 1. The summed E-state index contributed by atoms with van der Waals surface area (Å²) in [6.45, 7) is 3.55. The van der Waals surface area contributed by atoms with Crippen molar-refractivity contribution >= 4 is 29.3 Å². The molecule has 2 rings (SSSR count). The zero-order chi connectivity index (χ0) is 19.1. The van der Waals surface area contributed by atoms with E-state index in [-0.39, 0.29) is 29.4 Å². The van der Waals surface area contributed by atoms with E-state index in [9.17, 15) is 19.2 Å². The van der Waals surface area contributed by atoms with E-state index in [0.29, 0.717) is 16.4 Å². The first kappa shape index (κ1) is 19.4. The van der Waals surface area contributed by atoms with Gasteiger partial charge >= 0.3 is 5.97 Å². The van der Waals surface area contributed by atoms with E-state index >= 15 is 0 Å². The molecule has 0 saturated carbocycles. The molecule has 2 aromatic rings. The van der Waals surface area contributed by atoms with Gasteiger partial charge in [0.15, 0.2) is 0 Å². The standard InChI is InChI=1S/C18H16FN3O3S/c1-3-25-18(24)15-8-12(9-20)17(21-11(15)2)26-10-16(23)22-14-6-4-13(19)5-7-14/h4-8H,3,10H2,1-2H3,(H,22,23). The lowest BCUT2D eigenvalue weighted by molar-refractivity contribution is -0.113. The van der Waals surface area contributed by atoms with Crippen molar-refractivity contribution in [3.63, 3.8) is 0 Å². The summed E-state index contributed by atoms with van der Waals surface area (Å²) in [6.07, 6.45) is 0. The largest absolute Gasteiger partial charge is 0.462 e. The molecule has 0 atom stereocenters. The fourth-order valence-electron chi connectivity index (χ4n) is 2.05. The van der Waals surface area contributed by atoms with Crippen LogP contribution in [0.15, 0.2) is 35.4 Å². The van der Waals surface area contributed by atoms with Crippen molar-refractivity contribution in [3.8, 4) is 6.07 Å². The van der Waals surface area contributed by atoms with Crippen molar-refractivity contribution in [1.29, 1.82) is 5.26 Å². The molecule has 0 aliphatic rings. The SMILES string of the molecule is CCOC(=O)c1cc(C#N)c(SCC(=O)Nc2ccc(F)cc2)nc1C. The molecular weight excluding hydrogens is 357 g/mol. The van der Waals surface area contributed by atoms with Gasteiger partial charge in [0.1, 0.15) is 16.9 Å². The summed E-state index contributed by atoms with van der Waals surface area (Å²) in [7, 11) is 0. The van der Waals surface area contributed by atoms with Crippen LogP contribution in [-0.2, 0) is 9.53 Å². The van der Waals surface area contributed by atoms with E-state index in [1.165, 1.54) is 30.3 Å². The van der Waals surface area contributed by atoms with Gasteiger partial charge in [-0.3, -0.25) is 4.79 Å². The summed E-state index contributed by atoms with van der Waals surface area (Å²) < 4.78 is 17.8. The third kappa shape index (κ3) is 5.04. The van der Waals surface area contributed by atoms with Crippen molar-refractivity contribution in [2.24, 2.45) is 0 Å². The molecule has 0 aliphatic heterocycles. The number of hydrogen-bond donors (Lipinski definition) is 1. The lowest BCUT2D eigenvalue weighted by atomic mass is 10.1. The molecule has 1 aromatic heterocycles. The molecule has 1 aromatic carbocycles. The second-order valence-electron chi connectivity index (χ2n) is 5.15. The van der Waals surface area contributed by atoms with Crippen LogP contribution < -0.4 is 5.32 Å². The molecule has 1 N–H and O–H groups in total. The number of hydrogen-bond acceptors (Lipinski definition) is 6. The van der Waals surface area contributed by atoms with Crippen LogP contribution in [-0.4, -0.2) is 29.2 Å². The Kier molecular flexibility index (Phi) is 6.69. The maximum Gasteiger partial charge on any atom is 0.340 e. The molecule has 0 spiro atoms. The monoisotopic (exact) mass is 373 g/mol. The van der Waals surface area contributed by atoms with Gasteiger partial charge in [-0.05, 0) is 44.2 Å². The van der Waals surface area contributed by atoms with Crippen molar-refractivity contribution in [3.05, 3.63) is 53.0 Å². The maximum absolute atomic E-state index is 12.9. The molecule has 1 amide bonds. The first-order chi connectivity index (χ1) is 12.4. The zero-order valence-electron chi connectivity index (χ0n) is 14.2. The van der Waals surface area contributed by atoms with Gasteiger partial charge < -0.3 is 10.1 Å². The highest BCUT2D eigenvalue weighted by Gasteiger charge is 2.17. The van der Waals surface area contributed by atoms with Gasteiger partial charge in [-0.1, -0.05) is 11.8 Å². The van der Waals surface area contributed by atoms with E-state index in [1.807, 2.05) is 6.07 Å². The number of ether oxygens (including phenoxy) is 1. The highest BCUT2D eigenvalue weighted by molar-refractivity contribution is 8.00. The number of benzene rings is 1.